The molecule has 0 unspecified atom stereocenters. The van der Waals surface area contributed by atoms with Crippen molar-refractivity contribution in [2.75, 3.05) is 32.4 Å². The second kappa shape index (κ2) is 8.35. The van der Waals surface area contributed by atoms with Crippen molar-refractivity contribution in [2.24, 2.45) is 0 Å². The van der Waals surface area contributed by atoms with E-state index in [2.05, 4.69) is 20.3 Å². The molecule has 0 saturated heterocycles. The number of methoxy groups -OCH3 is 3. The third-order valence-corrected chi connectivity index (χ3v) is 4.97. The number of nitrogens with zero attached hydrogens (tertiary/aromatic N) is 3. The van der Waals surface area contributed by atoms with Crippen LogP contribution in [0.4, 0.5) is 17.6 Å². The van der Waals surface area contributed by atoms with Gasteiger partial charge in [-0.2, -0.15) is 9.97 Å². The summed E-state index contributed by atoms with van der Waals surface area (Å²) in [5.74, 6) is 3.02. The van der Waals surface area contributed by atoms with E-state index in [1.165, 1.54) is 0 Å². The Balaban J connectivity index is 1.83. The van der Waals surface area contributed by atoms with Gasteiger partial charge in [-0.3, -0.25) is 0 Å². The molecule has 0 spiro atoms. The zero-order valence-electron chi connectivity index (χ0n) is 17.8. The van der Waals surface area contributed by atoms with Gasteiger partial charge in [0.2, 0.25) is 11.8 Å². The Morgan fingerprint density at radius 3 is 2.35 bits per heavy atom. The van der Waals surface area contributed by atoms with Gasteiger partial charge in [0.1, 0.15) is 11.6 Å². The van der Waals surface area contributed by atoms with Gasteiger partial charge in [0.15, 0.2) is 11.5 Å². The Kier molecular flexibility index (Phi) is 5.44. The summed E-state index contributed by atoms with van der Waals surface area (Å²) in [4.78, 5) is 13.2. The molecule has 0 aliphatic rings. The average Bonchev–Trinajstić information content (AvgIpc) is 2.78. The molecule has 3 N–H and O–H groups in total. The highest BCUT2D eigenvalue weighted by Gasteiger charge is 2.16. The van der Waals surface area contributed by atoms with Crippen molar-refractivity contribution in [1.29, 1.82) is 0 Å². The molecule has 0 aliphatic carbocycles. The van der Waals surface area contributed by atoms with Crippen LogP contribution in [0.2, 0.25) is 0 Å². The molecule has 2 heterocycles. The van der Waals surface area contributed by atoms with E-state index in [-0.39, 0.29) is 5.95 Å². The van der Waals surface area contributed by atoms with E-state index in [9.17, 15) is 0 Å². The van der Waals surface area contributed by atoms with Crippen LogP contribution in [0.5, 0.6) is 17.4 Å². The number of benzene rings is 2. The molecule has 0 amide bonds. The Morgan fingerprint density at radius 2 is 1.61 bits per heavy atom. The summed E-state index contributed by atoms with van der Waals surface area (Å²) in [5.41, 5.74) is 8.50. The van der Waals surface area contributed by atoms with E-state index in [0.717, 1.165) is 27.5 Å². The highest BCUT2D eigenvalue weighted by molar-refractivity contribution is 5.90. The second-order valence-electron chi connectivity index (χ2n) is 6.88. The first kappa shape index (κ1) is 20.2. The standard InChI is InChI=1S/C23H23N5O3/c1-13-9-18(29-2)19(30-3)11-16(13)17-12-25-23(24)28-21(17)26-20-10-14-7-5-6-8-15(14)22(27-20)31-4/h5-12H,1-4H3,(H3,24,25,26,27,28). The van der Waals surface area contributed by atoms with Crippen LogP contribution >= 0.6 is 0 Å². The number of nitrogen functional groups attached to an aromatic ring is 1. The molecule has 0 atom stereocenters. The van der Waals surface area contributed by atoms with Gasteiger partial charge >= 0.3 is 0 Å². The lowest BCUT2D eigenvalue weighted by Crippen LogP contribution is -2.04. The molecule has 0 aliphatic heterocycles. The van der Waals surface area contributed by atoms with Crippen LogP contribution in [0.25, 0.3) is 21.9 Å². The maximum Gasteiger partial charge on any atom is 0.223 e. The molecule has 8 nitrogen and oxygen atoms in total. The SMILES string of the molecule is COc1cc(C)c(-c2cnc(N)nc2Nc2cc3ccccc3c(OC)n2)cc1OC. The Hall–Kier alpha value is -4.07. The zero-order chi connectivity index (χ0) is 22.0. The molecular weight excluding hydrogens is 394 g/mol. The molecule has 8 heteroatoms. The fraction of sp³-hybridized carbons (Fsp3) is 0.174. The predicted octanol–water partition coefficient (Wildman–Crippen LogP) is 4.35. The van der Waals surface area contributed by atoms with Gasteiger partial charge in [-0.05, 0) is 47.7 Å². The third-order valence-electron chi connectivity index (χ3n) is 4.97. The Bertz CT molecular complexity index is 1260. The van der Waals surface area contributed by atoms with Crippen LogP contribution < -0.4 is 25.3 Å². The van der Waals surface area contributed by atoms with Gasteiger partial charge < -0.3 is 25.3 Å². The first-order valence-corrected chi connectivity index (χ1v) is 9.60. The van der Waals surface area contributed by atoms with E-state index < -0.39 is 0 Å². The number of ether oxygens (including phenoxy) is 3. The maximum absolute atomic E-state index is 5.89. The number of fused-ring (bicyclic) bond motifs is 1. The predicted molar refractivity (Wildman–Crippen MR) is 121 cm³/mol. The van der Waals surface area contributed by atoms with Gasteiger partial charge in [-0.1, -0.05) is 18.2 Å². The largest absolute Gasteiger partial charge is 0.493 e. The van der Waals surface area contributed by atoms with Crippen LogP contribution in [0, 0.1) is 6.92 Å². The molecule has 4 rings (SSSR count). The lowest BCUT2D eigenvalue weighted by Gasteiger charge is -2.16. The van der Waals surface area contributed by atoms with Crippen LogP contribution in [0.1, 0.15) is 5.56 Å². The first-order chi connectivity index (χ1) is 15.0. The topological polar surface area (TPSA) is 104 Å². The maximum atomic E-state index is 5.89. The van der Waals surface area contributed by atoms with E-state index in [4.69, 9.17) is 19.9 Å². The van der Waals surface area contributed by atoms with Crippen molar-refractivity contribution in [1.82, 2.24) is 15.0 Å². The molecule has 4 aromatic rings. The Morgan fingerprint density at radius 1 is 0.871 bits per heavy atom. The third kappa shape index (κ3) is 3.87. The van der Waals surface area contributed by atoms with Crippen molar-refractivity contribution in [3.05, 3.63) is 54.2 Å². The minimum absolute atomic E-state index is 0.150. The first-order valence-electron chi connectivity index (χ1n) is 9.60. The number of hydrogen-bond acceptors (Lipinski definition) is 8. The summed E-state index contributed by atoms with van der Waals surface area (Å²) < 4.78 is 16.4. The van der Waals surface area contributed by atoms with Crippen molar-refractivity contribution < 1.29 is 14.2 Å². The van der Waals surface area contributed by atoms with Gasteiger partial charge in [-0.15, -0.1) is 0 Å². The quantitative estimate of drug-likeness (QED) is 0.477. The van der Waals surface area contributed by atoms with Crippen molar-refractivity contribution >= 4 is 28.4 Å². The van der Waals surface area contributed by atoms with Crippen LogP contribution in [0.3, 0.4) is 0 Å². The van der Waals surface area contributed by atoms with Crippen LogP contribution in [-0.4, -0.2) is 36.3 Å². The fourth-order valence-corrected chi connectivity index (χ4v) is 3.47. The lowest BCUT2D eigenvalue weighted by molar-refractivity contribution is 0.355. The molecule has 0 radical (unpaired) electrons. The highest BCUT2D eigenvalue weighted by Crippen LogP contribution is 2.38. The number of rotatable bonds is 6. The molecule has 0 bridgehead atoms. The van der Waals surface area contributed by atoms with Crippen molar-refractivity contribution in [3.8, 4) is 28.5 Å². The summed E-state index contributed by atoms with van der Waals surface area (Å²) in [7, 11) is 4.80. The van der Waals surface area contributed by atoms with Crippen LogP contribution in [-0.2, 0) is 0 Å². The summed E-state index contributed by atoms with van der Waals surface area (Å²) in [6.07, 6.45) is 1.68. The van der Waals surface area contributed by atoms with Gasteiger partial charge in [0, 0.05) is 17.1 Å². The van der Waals surface area contributed by atoms with Crippen molar-refractivity contribution in [2.45, 2.75) is 6.92 Å². The highest BCUT2D eigenvalue weighted by atomic mass is 16.5. The number of anilines is 3. The lowest BCUT2D eigenvalue weighted by atomic mass is 10.0. The summed E-state index contributed by atoms with van der Waals surface area (Å²) in [6, 6.07) is 13.6. The number of nitrogens with one attached hydrogen (secondary N) is 1. The van der Waals surface area contributed by atoms with Gasteiger partial charge in [0.05, 0.1) is 21.3 Å². The summed E-state index contributed by atoms with van der Waals surface area (Å²) >= 11 is 0. The zero-order valence-corrected chi connectivity index (χ0v) is 17.8. The summed E-state index contributed by atoms with van der Waals surface area (Å²) in [5, 5.41) is 5.19. The molecular formula is C23H23N5O3. The fourth-order valence-electron chi connectivity index (χ4n) is 3.47. The molecule has 2 aromatic heterocycles. The minimum Gasteiger partial charge on any atom is -0.493 e. The Labute approximate surface area is 180 Å². The summed E-state index contributed by atoms with van der Waals surface area (Å²) in [6.45, 7) is 1.98. The van der Waals surface area contributed by atoms with Crippen molar-refractivity contribution in [3.63, 3.8) is 0 Å². The smallest absolute Gasteiger partial charge is 0.223 e. The monoisotopic (exact) mass is 417 g/mol. The number of pyridine rings is 1. The van der Waals surface area contributed by atoms with E-state index >= 15 is 0 Å². The molecule has 0 fully saturated rings. The van der Waals surface area contributed by atoms with E-state index in [0.29, 0.717) is 29.0 Å². The van der Waals surface area contributed by atoms with E-state index in [1.807, 2.05) is 49.4 Å². The van der Waals surface area contributed by atoms with Gasteiger partial charge in [0.25, 0.3) is 0 Å². The number of aromatic nitrogens is 3. The molecule has 2 aromatic carbocycles. The molecule has 158 valence electrons. The van der Waals surface area contributed by atoms with Gasteiger partial charge in [-0.25, -0.2) is 4.98 Å². The number of nitrogens with two attached hydrogens (primary N) is 1. The second-order valence-corrected chi connectivity index (χ2v) is 6.88. The normalized spacial score (nSPS) is 10.7. The number of aryl methyl sites for hydroxylation is 1. The molecule has 31 heavy (non-hydrogen) atoms. The van der Waals surface area contributed by atoms with Crippen LogP contribution in [0.15, 0.2) is 48.7 Å². The average molecular weight is 417 g/mol. The van der Waals surface area contributed by atoms with E-state index in [1.54, 1.807) is 27.5 Å². The molecule has 0 saturated carbocycles. The number of hydrogen-bond donors (Lipinski definition) is 2. The minimum atomic E-state index is 0.150.